The highest BCUT2D eigenvalue weighted by molar-refractivity contribution is 5.88. The van der Waals surface area contributed by atoms with Crippen LogP contribution in [0.4, 0.5) is 5.69 Å². The van der Waals surface area contributed by atoms with Crippen LogP contribution in [0.3, 0.4) is 0 Å². The summed E-state index contributed by atoms with van der Waals surface area (Å²) in [5.74, 6) is -0.876. The molecule has 0 unspecified atom stereocenters. The van der Waals surface area contributed by atoms with E-state index in [-0.39, 0.29) is 0 Å². The minimum absolute atomic E-state index is 0.339. The van der Waals surface area contributed by atoms with Gasteiger partial charge in [0, 0.05) is 38.4 Å². The van der Waals surface area contributed by atoms with Crippen LogP contribution in [0.5, 0.6) is 0 Å². The molecule has 0 bridgehead atoms. The van der Waals surface area contributed by atoms with Gasteiger partial charge >= 0.3 is 5.97 Å². The number of carboxylic acid groups (broad SMARTS) is 1. The second kappa shape index (κ2) is 6.62. The highest BCUT2D eigenvalue weighted by Gasteiger charge is 2.17. The van der Waals surface area contributed by atoms with Gasteiger partial charge in [-0.3, -0.25) is 4.90 Å². The third-order valence-corrected chi connectivity index (χ3v) is 4.10. The van der Waals surface area contributed by atoms with E-state index in [0.717, 1.165) is 38.4 Å². The van der Waals surface area contributed by atoms with Gasteiger partial charge in [-0.05, 0) is 29.8 Å². The summed E-state index contributed by atoms with van der Waals surface area (Å²) in [5, 5.41) is 8.94. The molecule has 1 saturated heterocycles. The van der Waals surface area contributed by atoms with E-state index in [1.54, 1.807) is 12.1 Å². The summed E-state index contributed by atoms with van der Waals surface area (Å²) in [6.07, 6.45) is 0. The summed E-state index contributed by atoms with van der Waals surface area (Å²) in [7, 11) is 0. The maximum atomic E-state index is 10.9. The molecule has 0 saturated carbocycles. The molecule has 0 atom stereocenters. The number of nitrogens with zero attached hydrogens (tertiary/aromatic N) is 2. The first-order valence-electron chi connectivity index (χ1n) is 7.57. The molecule has 1 aliphatic heterocycles. The zero-order valence-corrected chi connectivity index (χ0v) is 12.5. The molecular weight excluding hydrogens is 276 g/mol. The van der Waals surface area contributed by atoms with Crippen LogP contribution in [0.25, 0.3) is 0 Å². The van der Waals surface area contributed by atoms with Crippen LogP contribution in [-0.2, 0) is 6.54 Å². The number of anilines is 1. The Morgan fingerprint density at radius 1 is 0.909 bits per heavy atom. The Morgan fingerprint density at radius 2 is 1.55 bits per heavy atom. The molecule has 3 rings (SSSR count). The van der Waals surface area contributed by atoms with Gasteiger partial charge in [-0.25, -0.2) is 4.79 Å². The van der Waals surface area contributed by atoms with Crippen LogP contribution in [0.2, 0.25) is 0 Å². The van der Waals surface area contributed by atoms with Crippen molar-refractivity contribution in [3.63, 3.8) is 0 Å². The third kappa shape index (κ3) is 3.46. The van der Waals surface area contributed by atoms with Crippen molar-refractivity contribution in [3.05, 3.63) is 65.7 Å². The summed E-state index contributed by atoms with van der Waals surface area (Å²) in [6.45, 7) is 4.98. The second-order valence-corrected chi connectivity index (χ2v) is 5.60. The number of hydrogen-bond acceptors (Lipinski definition) is 3. The van der Waals surface area contributed by atoms with E-state index in [1.165, 1.54) is 5.56 Å². The molecule has 1 aliphatic rings. The van der Waals surface area contributed by atoms with E-state index in [0.29, 0.717) is 5.56 Å². The molecule has 1 fully saturated rings. The first-order chi connectivity index (χ1) is 10.7. The Balaban J connectivity index is 1.56. The maximum absolute atomic E-state index is 10.9. The lowest BCUT2D eigenvalue weighted by Crippen LogP contribution is -2.45. The van der Waals surface area contributed by atoms with Crippen LogP contribution < -0.4 is 4.90 Å². The first-order valence-corrected chi connectivity index (χ1v) is 7.57. The SMILES string of the molecule is O=C(O)c1ccc(N2CCN(Cc3ccccc3)CC2)cc1. The summed E-state index contributed by atoms with van der Waals surface area (Å²) < 4.78 is 0. The topological polar surface area (TPSA) is 43.8 Å². The van der Waals surface area contributed by atoms with Gasteiger partial charge in [0.15, 0.2) is 0 Å². The molecular formula is C18H20N2O2. The van der Waals surface area contributed by atoms with Gasteiger partial charge in [-0.15, -0.1) is 0 Å². The molecule has 4 nitrogen and oxygen atoms in total. The Bertz CT molecular complexity index is 617. The van der Waals surface area contributed by atoms with E-state index in [2.05, 4.69) is 34.1 Å². The van der Waals surface area contributed by atoms with Gasteiger partial charge in [-0.2, -0.15) is 0 Å². The van der Waals surface area contributed by atoms with Crippen molar-refractivity contribution in [2.45, 2.75) is 6.54 Å². The number of carbonyl (C=O) groups is 1. The molecule has 1 N–H and O–H groups in total. The van der Waals surface area contributed by atoms with Crippen molar-refractivity contribution in [2.24, 2.45) is 0 Å². The van der Waals surface area contributed by atoms with Crippen molar-refractivity contribution in [1.82, 2.24) is 4.90 Å². The van der Waals surface area contributed by atoms with Crippen molar-refractivity contribution >= 4 is 11.7 Å². The smallest absolute Gasteiger partial charge is 0.335 e. The van der Waals surface area contributed by atoms with Gasteiger partial charge in [-0.1, -0.05) is 30.3 Å². The molecule has 0 amide bonds. The molecule has 0 aromatic heterocycles. The second-order valence-electron chi connectivity index (χ2n) is 5.60. The Morgan fingerprint density at radius 3 is 2.14 bits per heavy atom. The zero-order chi connectivity index (χ0) is 15.4. The molecule has 114 valence electrons. The molecule has 2 aromatic carbocycles. The van der Waals surface area contributed by atoms with Gasteiger partial charge in [0.2, 0.25) is 0 Å². The van der Waals surface area contributed by atoms with Crippen LogP contribution in [0.15, 0.2) is 54.6 Å². The van der Waals surface area contributed by atoms with Crippen LogP contribution >= 0.6 is 0 Å². The summed E-state index contributed by atoms with van der Waals surface area (Å²) in [6, 6.07) is 17.7. The fraction of sp³-hybridized carbons (Fsp3) is 0.278. The minimum Gasteiger partial charge on any atom is -0.478 e. The predicted molar refractivity (Wildman–Crippen MR) is 87.3 cm³/mol. The van der Waals surface area contributed by atoms with Crippen molar-refractivity contribution < 1.29 is 9.90 Å². The molecule has 2 aromatic rings. The van der Waals surface area contributed by atoms with E-state index in [4.69, 9.17) is 5.11 Å². The first kappa shape index (κ1) is 14.6. The van der Waals surface area contributed by atoms with E-state index in [1.807, 2.05) is 18.2 Å². The number of rotatable bonds is 4. The molecule has 0 spiro atoms. The average molecular weight is 296 g/mol. The summed E-state index contributed by atoms with van der Waals surface area (Å²) in [4.78, 5) is 15.7. The zero-order valence-electron chi connectivity index (χ0n) is 12.5. The lowest BCUT2D eigenvalue weighted by Gasteiger charge is -2.36. The molecule has 22 heavy (non-hydrogen) atoms. The lowest BCUT2D eigenvalue weighted by atomic mass is 10.1. The van der Waals surface area contributed by atoms with Crippen LogP contribution in [0.1, 0.15) is 15.9 Å². The van der Waals surface area contributed by atoms with Crippen molar-refractivity contribution in [3.8, 4) is 0 Å². The van der Waals surface area contributed by atoms with Gasteiger partial charge in [0.25, 0.3) is 0 Å². The third-order valence-electron chi connectivity index (χ3n) is 4.10. The Kier molecular flexibility index (Phi) is 4.39. The van der Waals surface area contributed by atoms with Gasteiger partial charge < -0.3 is 10.0 Å². The summed E-state index contributed by atoms with van der Waals surface area (Å²) in [5.41, 5.74) is 2.79. The van der Waals surface area contributed by atoms with E-state index in [9.17, 15) is 4.79 Å². The molecule has 0 radical (unpaired) electrons. The quantitative estimate of drug-likeness (QED) is 0.942. The highest BCUT2D eigenvalue weighted by Crippen LogP contribution is 2.18. The Labute approximate surface area is 130 Å². The number of aromatic carboxylic acids is 1. The predicted octanol–water partition coefficient (Wildman–Crippen LogP) is 2.71. The average Bonchev–Trinajstić information content (AvgIpc) is 2.57. The highest BCUT2D eigenvalue weighted by atomic mass is 16.4. The summed E-state index contributed by atoms with van der Waals surface area (Å²) >= 11 is 0. The normalized spacial score (nSPS) is 15.7. The Hall–Kier alpha value is -2.33. The number of hydrogen-bond donors (Lipinski definition) is 1. The van der Waals surface area contributed by atoms with Crippen molar-refractivity contribution in [1.29, 1.82) is 0 Å². The number of carboxylic acids is 1. The fourth-order valence-electron chi connectivity index (χ4n) is 2.82. The molecule has 0 aliphatic carbocycles. The molecule has 4 heteroatoms. The monoisotopic (exact) mass is 296 g/mol. The van der Waals surface area contributed by atoms with Gasteiger partial charge in [0.05, 0.1) is 5.56 Å². The van der Waals surface area contributed by atoms with Crippen LogP contribution in [0, 0.1) is 0 Å². The van der Waals surface area contributed by atoms with Crippen molar-refractivity contribution in [2.75, 3.05) is 31.1 Å². The fourth-order valence-corrected chi connectivity index (χ4v) is 2.82. The van der Waals surface area contributed by atoms with Crippen LogP contribution in [-0.4, -0.2) is 42.2 Å². The number of piperazine rings is 1. The van der Waals surface area contributed by atoms with Gasteiger partial charge in [0.1, 0.15) is 0 Å². The standard InChI is InChI=1S/C18H20N2O2/c21-18(22)16-6-8-17(9-7-16)20-12-10-19(11-13-20)14-15-4-2-1-3-5-15/h1-9H,10-14H2,(H,21,22). The maximum Gasteiger partial charge on any atom is 0.335 e. The minimum atomic E-state index is -0.876. The number of benzene rings is 2. The van der Waals surface area contributed by atoms with E-state index >= 15 is 0 Å². The largest absolute Gasteiger partial charge is 0.478 e. The molecule has 1 heterocycles. The van der Waals surface area contributed by atoms with E-state index < -0.39 is 5.97 Å². The lowest BCUT2D eigenvalue weighted by molar-refractivity contribution is 0.0697.